The fourth-order valence-electron chi connectivity index (χ4n) is 3.13. The Balaban J connectivity index is 1.91. The number of aromatic amines is 1. The number of nitrogens with zero attached hydrogens (tertiary/aromatic N) is 3. The van der Waals surface area contributed by atoms with Gasteiger partial charge in [-0.05, 0) is 12.1 Å². The minimum atomic E-state index is 0.143. The number of hydrogen-bond acceptors (Lipinski definition) is 6. The molecule has 0 unspecified atom stereocenters. The fraction of sp³-hybridized carbons (Fsp3) is 0.136. The van der Waals surface area contributed by atoms with E-state index in [0.29, 0.717) is 56.6 Å². The molecule has 0 amide bonds. The molecule has 0 saturated heterocycles. The van der Waals surface area contributed by atoms with Crippen LogP contribution < -0.4 is 14.2 Å². The van der Waals surface area contributed by atoms with Crippen LogP contribution in [0, 0.1) is 11.3 Å². The molecule has 0 bridgehead atoms. The minimum Gasteiger partial charge on any atom is -0.493 e. The average molecular weight is 421 g/mol. The summed E-state index contributed by atoms with van der Waals surface area (Å²) in [5.41, 5.74) is 1.89. The van der Waals surface area contributed by atoms with Gasteiger partial charge in [0, 0.05) is 24.2 Å². The molecule has 1 aromatic carbocycles. The summed E-state index contributed by atoms with van der Waals surface area (Å²) in [6.45, 7) is 0. The molecular formula is C22H17ClN4O3. The molecule has 8 heteroatoms. The maximum Gasteiger partial charge on any atom is 0.324 e. The second-order valence-corrected chi connectivity index (χ2v) is 6.74. The third-order valence-electron chi connectivity index (χ3n) is 4.54. The summed E-state index contributed by atoms with van der Waals surface area (Å²) in [4.78, 5) is 12.0. The molecule has 150 valence electrons. The van der Waals surface area contributed by atoms with Crippen molar-refractivity contribution in [3.8, 4) is 34.8 Å². The number of hydrogen-bond donors (Lipinski definition) is 1. The molecule has 0 fully saturated rings. The summed E-state index contributed by atoms with van der Waals surface area (Å²) in [6.07, 6.45) is 11.8. The summed E-state index contributed by atoms with van der Waals surface area (Å²) in [5, 5.41) is 10.5. The molecule has 1 aliphatic carbocycles. The molecule has 0 aliphatic heterocycles. The Kier molecular flexibility index (Phi) is 5.42. The van der Waals surface area contributed by atoms with E-state index in [1.165, 1.54) is 14.2 Å². The monoisotopic (exact) mass is 420 g/mol. The van der Waals surface area contributed by atoms with Crippen LogP contribution in [-0.2, 0) is 0 Å². The molecule has 0 radical (unpaired) electrons. The van der Waals surface area contributed by atoms with Crippen LogP contribution in [0.15, 0.2) is 54.5 Å². The maximum atomic E-state index is 9.55. The van der Waals surface area contributed by atoms with E-state index >= 15 is 0 Å². The Morgan fingerprint density at radius 2 is 1.90 bits per heavy atom. The smallest absolute Gasteiger partial charge is 0.324 e. The summed E-state index contributed by atoms with van der Waals surface area (Å²) in [5.74, 6) is 1.67. The number of ether oxygens (including phenoxy) is 3. The number of nitrogens with one attached hydrogen (secondary N) is 1. The Labute approximate surface area is 177 Å². The largest absolute Gasteiger partial charge is 0.493 e. The van der Waals surface area contributed by atoms with Crippen molar-refractivity contribution < 1.29 is 14.2 Å². The van der Waals surface area contributed by atoms with E-state index in [-0.39, 0.29) is 6.01 Å². The van der Waals surface area contributed by atoms with E-state index in [0.717, 1.165) is 0 Å². The number of fused-ring (bicyclic) bond motifs is 1. The molecule has 0 spiro atoms. The second-order valence-electron chi connectivity index (χ2n) is 6.33. The topological polar surface area (TPSA) is 93.0 Å². The van der Waals surface area contributed by atoms with Gasteiger partial charge < -0.3 is 19.2 Å². The lowest BCUT2D eigenvalue weighted by Gasteiger charge is -2.13. The number of rotatable bonds is 5. The lowest BCUT2D eigenvalue weighted by Crippen LogP contribution is -2.01. The predicted octanol–water partition coefficient (Wildman–Crippen LogP) is 4.95. The highest BCUT2D eigenvalue weighted by atomic mass is 35.5. The van der Waals surface area contributed by atoms with E-state index in [1.807, 2.05) is 30.4 Å². The van der Waals surface area contributed by atoms with Crippen molar-refractivity contribution in [3.63, 3.8) is 0 Å². The normalized spacial score (nSPS) is 12.9. The molecule has 0 atom stereocenters. The zero-order valence-electron chi connectivity index (χ0n) is 16.3. The lowest BCUT2D eigenvalue weighted by atomic mass is 10.1. The average Bonchev–Trinajstić information content (AvgIpc) is 3.00. The SMILES string of the molecule is COc1cc(Cl)c(-c2nc(OC3=CC=CC=CC3)nc3[nH]cc(C#N)c23)cc1OC. The highest BCUT2D eigenvalue weighted by molar-refractivity contribution is 6.34. The standard InChI is InChI=1S/C22H17ClN4O3/c1-28-17-9-15(16(23)10-18(17)29-2)20-19-13(11-24)12-25-21(19)27-22(26-20)30-14-7-5-3-4-6-8-14/h3-7,9-10,12H,8H2,1-2H3,(H,25,26,27). The van der Waals surface area contributed by atoms with Crippen molar-refractivity contribution in [2.75, 3.05) is 14.2 Å². The van der Waals surface area contributed by atoms with Crippen LogP contribution in [0.4, 0.5) is 0 Å². The fourth-order valence-corrected chi connectivity index (χ4v) is 3.37. The second kappa shape index (κ2) is 8.31. The van der Waals surface area contributed by atoms with Crippen molar-refractivity contribution in [1.29, 1.82) is 5.26 Å². The van der Waals surface area contributed by atoms with Gasteiger partial charge in [0.15, 0.2) is 11.5 Å². The Hall–Kier alpha value is -3.76. The number of methoxy groups -OCH3 is 2. The molecule has 30 heavy (non-hydrogen) atoms. The molecule has 4 rings (SSSR count). The molecule has 2 heterocycles. The van der Waals surface area contributed by atoms with Crippen LogP contribution in [0.2, 0.25) is 5.02 Å². The number of allylic oxidation sites excluding steroid dienone is 5. The van der Waals surface area contributed by atoms with Crippen molar-refractivity contribution in [2.24, 2.45) is 0 Å². The first kappa shape index (κ1) is 19.6. The Bertz CT molecular complexity index is 1250. The van der Waals surface area contributed by atoms with Gasteiger partial charge in [-0.15, -0.1) is 0 Å². The van der Waals surface area contributed by atoms with Gasteiger partial charge in [0.1, 0.15) is 17.5 Å². The maximum absolute atomic E-state index is 9.55. The van der Waals surface area contributed by atoms with Crippen molar-refractivity contribution in [1.82, 2.24) is 15.0 Å². The third-order valence-corrected chi connectivity index (χ3v) is 4.85. The number of H-pyrrole nitrogens is 1. The summed E-state index contributed by atoms with van der Waals surface area (Å²) in [7, 11) is 3.07. The summed E-state index contributed by atoms with van der Waals surface area (Å²) >= 11 is 6.54. The van der Waals surface area contributed by atoms with Gasteiger partial charge in [0.2, 0.25) is 0 Å². The molecule has 1 N–H and O–H groups in total. The minimum absolute atomic E-state index is 0.143. The first-order valence-corrected chi connectivity index (χ1v) is 9.43. The molecular weight excluding hydrogens is 404 g/mol. The van der Waals surface area contributed by atoms with E-state index in [9.17, 15) is 5.26 Å². The molecule has 1 aliphatic rings. The lowest BCUT2D eigenvalue weighted by molar-refractivity contribution is 0.355. The molecule has 2 aromatic heterocycles. The van der Waals surface area contributed by atoms with Gasteiger partial charge in [0.25, 0.3) is 0 Å². The van der Waals surface area contributed by atoms with Crippen LogP contribution in [-0.4, -0.2) is 29.2 Å². The number of halogens is 1. The van der Waals surface area contributed by atoms with E-state index in [2.05, 4.69) is 21.0 Å². The quantitative estimate of drug-likeness (QED) is 0.628. The number of aromatic nitrogens is 3. The Morgan fingerprint density at radius 1 is 1.10 bits per heavy atom. The van der Waals surface area contributed by atoms with Crippen molar-refractivity contribution in [3.05, 3.63) is 65.1 Å². The van der Waals surface area contributed by atoms with E-state index < -0.39 is 0 Å². The van der Waals surface area contributed by atoms with Crippen molar-refractivity contribution in [2.45, 2.75) is 6.42 Å². The molecule has 3 aromatic rings. The van der Waals surface area contributed by atoms with E-state index in [1.54, 1.807) is 18.3 Å². The van der Waals surface area contributed by atoms with Gasteiger partial charge in [-0.3, -0.25) is 0 Å². The zero-order chi connectivity index (χ0) is 21.1. The van der Waals surface area contributed by atoms with Gasteiger partial charge in [-0.2, -0.15) is 15.2 Å². The number of benzene rings is 1. The van der Waals surface area contributed by atoms with E-state index in [4.69, 9.17) is 25.8 Å². The first-order chi connectivity index (χ1) is 14.6. The highest BCUT2D eigenvalue weighted by Crippen LogP contribution is 2.41. The van der Waals surface area contributed by atoms with Gasteiger partial charge in [0.05, 0.1) is 35.9 Å². The van der Waals surface area contributed by atoms with Gasteiger partial charge in [-0.25, -0.2) is 0 Å². The van der Waals surface area contributed by atoms with Crippen LogP contribution in [0.3, 0.4) is 0 Å². The molecule has 0 saturated carbocycles. The summed E-state index contributed by atoms with van der Waals surface area (Å²) in [6, 6.07) is 5.67. The van der Waals surface area contributed by atoms with Gasteiger partial charge in [-0.1, -0.05) is 35.9 Å². The van der Waals surface area contributed by atoms with Crippen LogP contribution in [0.1, 0.15) is 12.0 Å². The predicted molar refractivity (Wildman–Crippen MR) is 114 cm³/mol. The van der Waals surface area contributed by atoms with Gasteiger partial charge >= 0.3 is 6.01 Å². The van der Waals surface area contributed by atoms with Crippen LogP contribution in [0.5, 0.6) is 17.5 Å². The zero-order valence-corrected chi connectivity index (χ0v) is 17.0. The number of nitriles is 1. The summed E-state index contributed by atoms with van der Waals surface area (Å²) < 4.78 is 16.7. The third kappa shape index (κ3) is 3.61. The van der Waals surface area contributed by atoms with Crippen LogP contribution >= 0.6 is 11.6 Å². The highest BCUT2D eigenvalue weighted by Gasteiger charge is 2.21. The van der Waals surface area contributed by atoms with Crippen LogP contribution in [0.25, 0.3) is 22.3 Å². The Morgan fingerprint density at radius 3 is 2.67 bits per heavy atom. The first-order valence-electron chi connectivity index (χ1n) is 9.06. The molecule has 7 nitrogen and oxygen atoms in total. The van der Waals surface area contributed by atoms with Crippen molar-refractivity contribution >= 4 is 22.6 Å².